The van der Waals surface area contributed by atoms with Gasteiger partial charge >= 0.3 is 6.18 Å². The molecular weight excluding hydrogens is 541 g/mol. The maximum Gasteiger partial charge on any atom is 0.416 e. The highest BCUT2D eigenvalue weighted by atomic mass is 35.5. The number of hydrogen-bond acceptors (Lipinski definition) is 3. The van der Waals surface area contributed by atoms with Gasteiger partial charge in [-0.2, -0.15) is 13.2 Å². The second-order valence-electron chi connectivity index (χ2n) is 8.86. The minimum absolute atomic E-state index is 0.0332. The van der Waals surface area contributed by atoms with Crippen molar-refractivity contribution in [3.05, 3.63) is 117 Å². The number of fused-ring (bicyclic) bond motifs is 1. The molecule has 5 rings (SSSR count). The van der Waals surface area contributed by atoms with Crippen LogP contribution in [0.4, 0.5) is 33.3 Å². The molecule has 1 aliphatic heterocycles. The molecule has 4 N–H and O–H groups in total. The van der Waals surface area contributed by atoms with Crippen LogP contribution < -0.4 is 16.4 Å². The van der Waals surface area contributed by atoms with Gasteiger partial charge < -0.3 is 16.4 Å². The van der Waals surface area contributed by atoms with Crippen LogP contribution in [0, 0.1) is 11.6 Å². The number of carbonyl (C=O) groups is 2. The number of nitrogen functional groups attached to an aromatic ring is 1. The van der Waals surface area contributed by atoms with E-state index in [0.717, 1.165) is 12.1 Å². The summed E-state index contributed by atoms with van der Waals surface area (Å²) in [6, 6.07) is 13.7. The van der Waals surface area contributed by atoms with Crippen molar-refractivity contribution in [2.75, 3.05) is 11.1 Å². The molecule has 1 aliphatic rings. The van der Waals surface area contributed by atoms with Gasteiger partial charge in [-0.05, 0) is 71.8 Å². The summed E-state index contributed by atoms with van der Waals surface area (Å²) in [5.41, 5.74) is 5.98. The molecule has 0 saturated heterocycles. The molecule has 0 saturated carbocycles. The molecule has 0 bridgehead atoms. The largest absolute Gasteiger partial charge is 0.416 e. The van der Waals surface area contributed by atoms with E-state index >= 15 is 0 Å². The molecule has 0 fully saturated rings. The smallest absolute Gasteiger partial charge is 0.399 e. The fourth-order valence-electron chi connectivity index (χ4n) is 4.43. The predicted octanol–water partition coefficient (Wildman–Crippen LogP) is 6.97. The zero-order chi connectivity index (χ0) is 28.1. The third-order valence-electron chi connectivity index (χ3n) is 6.24. The van der Waals surface area contributed by atoms with Crippen molar-refractivity contribution in [3.8, 4) is 11.1 Å². The van der Waals surface area contributed by atoms with E-state index in [2.05, 4.69) is 10.6 Å². The number of benzene rings is 4. The predicted molar refractivity (Wildman–Crippen MR) is 136 cm³/mol. The van der Waals surface area contributed by atoms with Crippen LogP contribution >= 0.6 is 11.6 Å². The number of halogens is 6. The molecule has 0 aromatic heterocycles. The minimum Gasteiger partial charge on any atom is -0.399 e. The number of amides is 2. The number of nitrogens with one attached hydrogen (secondary N) is 2. The SMILES string of the molecule is Nc1ccc(-c2cc(NC(=O)c3cc(F)cc(C(F)(F)F)c3)c3c(c2)C(=O)NC3c2cc(F)ccc2Cl)cc1. The summed E-state index contributed by atoms with van der Waals surface area (Å²) in [4.78, 5) is 26.2. The second kappa shape index (κ2) is 9.70. The maximum atomic E-state index is 14.1. The van der Waals surface area contributed by atoms with Crippen LogP contribution in [0.25, 0.3) is 11.1 Å². The van der Waals surface area contributed by atoms with Crippen LogP contribution in [0.15, 0.2) is 72.8 Å². The summed E-state index contributed by atoms with van der Waals surface area (Å²) in [7, 11) is 0. The van der Waals surface area contributed by atoms with Gasteiger partial charge in [0.2, 0.25) is 0 Å². The normalized spacial score (nSPS) is 14.6. The number of hydrogen-bond donors (Lipinski definition) is 3. The number of alkyl halides is 3. The van der Waals surface area contributed by atoms with Crippen LogP contribution in [0.2, 0.25) is 5.02 Å². The summed E-state index contributed by atoms with van der Waals surface area (Å²) in [6.45, 7) is 0. The third kappa shape index (κ3) is 5.15. The van der Waals surface area contributed by atoms with Crippen molar-refractivity contribution in [3.63, 3.8) is 0 Å². The summed E-state index contributed by atoms with van der Waals surface area (Å²) in [6.07, 6.45) is -4.89. The van der Waals surface area contributed by atoms with Crippen LogP contribution in [-0.2, 0) is 6.18 Å². The molecule has 0 spiro atoms. The number of rotatable bonds is 4. The summed E-state index contributed by atoms with van der Waals surface area (Å²) < 4.78 is 67.9. The highest BCUT2D eigenvalue weighted by molar-refractivity contribution is 6.31. The third-order valence-corrected chi connectivity index (χ3v) is 6.58. The molecule has 2 amide bonds. The lowest BCUT2D eigenvalue weighted by Crippen LogP contribution is -2.21. The van der Waals surface area contributed by atoms with E-state index in [9.17, 15) is 31.5 Å². The molecular formula is C28H17ClF5N3O2. The van der Waals surface area contributed by atoms with Gasteiger partial charge in [-0.25, -0.2) is 8.78 Å². The Morgan fingerprint density at radius 2 is 1.62 bits per heavy atom. The number of anilines is 2. The van der Waals surface area contributed by atoms with Gasteiger partial charge in [0.25, 0.3) is 11.8 Å². The molecule has 1 atom stereocenters. The molecule has 1 unspecified atom stereocenters. The van der Waals surface area contributed by atoms with Crippen LogP contribution in [0.5, 0.6) is 0 Å². The number of nitrogens with two attached hydrogens (primary N) is 1. The Hall–Kier alpha value is -4.44. The highest BCUT2D eigenvalue weighted by Gasteiger charge is 2.36. The molecule has 5 nitrogen and oxygen atoms in total. The molecule has 0 radical (unpaired) electrons. The maximum absolute atomic E-state index is 14.1. The average molecular weight is 558 g/mol. The first-order valence-electron chi connectivity index (χ1n) is 11.4. The van der Waals surface area contributed by atoms with E-state index in [1.807, 2.05) is 0 Å². The Bertz CT molecular complexity index is 1640. The second-order valence-corrected chi connectivity index (χ2v) is 9.27. The standard InChI is InChI=1S/C28H17ClF5N3O2/c29-22-6-3-17(30)12-20(22)25-24-21(27(39)37-25)9-14(13-1-4-19(35)5-2-13)10-23(24)36-26(38)15-7-16(28(32,33)34)11-18(31)8-15/h1-12,25H,35H2,(H,36,38)(H,37,39). The van der Waals surface area contributed by atoms with Gasteiger partial charge in [0, 0.05) is 38.7 Å². The molecule has 39 heavy (non-hydrogen) atoms. The minimum atomic E-state index is -4.89. The van der Waals surface area contributed by atoms with Crippen molar-refractivity contribution >= 4 is 34.8 Å². The van der Waals surface area contributed by atoms with E-state index < -0.39 is 46.8 Å². The first-order chi connectivity index (χ1) is 18.4. The van der Waals surface area contributed by atoms with Gasteiger partial charge in [-0.3, -0.25) is 9.59 Å². The van der Waals surface area contributed by atoms with Crippen molar-refractivity contribution in [2.45, 2.75) is 12.2 Å². The lowest BCUT2D eigenvalue weighted by Gasteiger charge is -2.19. The van der Waals surface area contributed by atoms with Crippen molar-refractivity contribution in [1.82, 2.24) is 5.32 Å². The van der Waals surface area contributed by atoms with Crippen molar-refractivity contribution in [2.24, 2.45) is 0 Å². The van der Waals surface area contributed by atoms with Gasteiger partial charge in [-0.1, -0.05) is 23.7 Å². The van der Waals surface area contributed by atoms with Crippen molar-refractivity contribution < 1.29 is 31.5 Å². The Labute approximate surface area is 223 Å². The first-order valence-corrected chi connectivity index (χ1v) is 11.8. The van der Waals surface area contributed by atoms with Gasteiger partial charge in [0.1, 0.15) is 11.6 Å². The molecule has 11 heteroatoms. The Morgan fingerprint density at radius 1 is 0.897 bits per heavy atom. The molecule has 4 aromatic carbocycles. The fourth-order valence-corrected chi connectivity index (χ4v) is 4.65. The summed E-state index contributed by atoms with van der Waals surface area (Å²) in [5.74, 6) is -3.48. The first kappa shape index (κ1) is 26.2. The Balaban J connectivity index is 1.66. The number of carbonyl (C=O) groups excluding carboxylic acids is 2. The molecule has 1 heterocycles. The van der Waals surface area contributed by atoms with E-state index in [4.69, 9.17) is 17.3 Å². The van der Waals surface area contributed by atoms with Gasteiger partial charge in [0.05, 0.1) is 11.6 Å². The van der Waals surface area contributed by atoms with Gasteiger partial charge in [0.15, 0.2) is 0 Å². The summed E-state index contributed by atoms with van der Waals surface area (Å²) >= 11 is 6.30. The lowest BCUT2D eigenvalue weighted by atomic mass is 9.92. The van der Waals surface area contributed by atoms with E-state index in [1.54, 1.807) is 30.3 Å². The van der Waals surface area contributed by atoms with E-state index in [1.165, 1.54) is 12.1 Å². The van der Waals surface area contributed by atoms with Crippen LogP contribution in [0.3, 0.4) is 0 Å². The highest BCUT2D eigenvalue weighted by Crippen LogP contribution is 2.42. The quantitative estimate of drug-likeness (QED) is 0.187. The topological polar surface area (TPSA) is 84.2 Å². The van der Waals surface area contributed by atoms with Crippen molar-refractivity contribution in [1.29, 1.82) is 0 Å². The molecule has 4 aromatic rings. The monoisotopic (exact) mass is 557 g/mol. The van der Waals surface area contributed by atoms with Gasteiger partial charge in [-0.15, -0.1) is 0 Å². The zero-order valence-corrected chi connectivity index (χ0v) is 20.4. The van der Waals surface area contributed by atoms with E-state index in [0.29, 0.717) is 28.9 Å². The zero-order valence-electron chi connectivity index (χ0n) is 19.7. The average Bonchev–Trinajstić information content (AvgIpc) is 3.21. The summed E-state index contributed by atoms with van der Waals surface area (Å²) in [5, 5.41) is 5.36. The van der Waals surface area contributed by atoms with E-state index in [-0.39, 0.29) is 33.5 Å². The van der Waals surface area contributed by atoms with Crippen LogP contribution in [0.1, 0.15) is 43.4 Å². The Morgan fingerprint density at radius 3 is 2.31 bits per heavy atom. The molecule has 0 aliphatic carbocycles. The lowest BCUT2D eigenvalue weighted by molar-refractivity contribution is -0.137. The fraction of sp³-hybridized carbons (Fsp3) is 0.0714. The van der Waals surface area contributed by atoms with Crippen LogP contribution in [-0.4, -0.2) is 11.8 Å². The Kier molecular flexibility index (Phi) is 6.51. The molecule has 198 valence electrons.